The number of guanidine groups is 1. The Morgan fingerprint density at radius 3 is 2.76 bits per heavy atom. The summed E-state index contributed by atoms with van der Waals surface area (Å²) in [6.07, 6.45) is 5.15. The Kier molecular flexibility index (Phi) is 6.72. The van der Waals surface area contributed by atoms with Crippen molar-refractivity contribution in [2.45, 2.75) is 25.8 Å². The molecular formula is C15H25N7O3. The van der Waals surface area contributed by atoms with Crippen LogP contribution in [0.15, 0.2) is 17.4 Å². The SMILES string of the molecule is CN=C(NCCn1cc([N+](=O)[O-])cn1)N1CCC(CC(=O)NC)CC1. The van der Waals surface area contributed by atoms with Gasteiger partial charge in [0.1, 0.15) is 12.4 Å². The Balaban J connectivity index is 1.75. The molecule has 1 saturated heterocycles. The Labute approximate surface area is 146 Å². The van der Waals surface area contributed by atoms with E-state index in [1.807, 2.05) is 0 Å². The van der Waals surface area contributed by atoms with E-state index in [-0.39, 0.29) is 11.6 Å². The van der Waals surface area contributed by atoms with Crippen molar-refractivity contribution in [3.8, 4) is 0 Å². The second-order valence-corrected chi connectivity index (χ2v) is 6.00. The molecule has 0 aromatic carbocycles. The van der Waals surface area contributed by atoms with Gasteiger partial charge in [0.25, 0.3) is 0 Å². The number of nitro groups is 1. The minimum atomic E-state index is -0.460. The molecule has 10 nitrogen and oxygen atoms in total. The average molecular weight is 351 g/mol. The van der Waals surface area contributed by atoms with Crippen molar-refractivity contribution >= 4 is 17.6 Å². The quantitative estimate of drug-likeness (QED) is 0.327. The van der Waals surface area contributed by atoms with Crippen LogP contribution in [0.2, 0.25) is 0 Å². The van der Waals surface area contributed by atoms with E-state index in [4.69, 9.17) is 0 Å². The largest absolute Gasteiger partial charge is 0.359 e. The molecule has 2 heterocycles. The molecule has 0 unspecified atom stereocenters. The third-order valence-corrected chi connectivity index (χ3v) is 4.33. The number of rotatable bonds is 6. The maximum absolute atomic E-state index is 11.5. The number of hydrogen-bond donors (Lipinski definition) is 2. The topological polar surface area (TPSA) is 118 Å². The van der Waals surface area contributed by atoms with Gasteiger partial charge in [-0.25, -0.2) is 0 Å². The highest BCUT2D eigenvalue weighted by Crippen LogP contribution is 2.20. The van der Waals surface area contributed by atoms with Crippen molar-refractivity contribution in [1.29, 1.82) is 0 Å². The van der Waals surface area contributed by atoms with Crippen molar-refractivity contribution < 1.29 is 9.72 Å². The van der Waals surface area contributed by atoms with Crippen LogP contribution in [0.4, 0.5) is 5.69 Å². The Bertz CT molecular complexity index is 620. The van der Waals surface area contributed by atoms with Crippen LogP contribution in [-0.2, 0) is 11.3 Å². The fourth-order valence-corrected chi connectivity index (χ4v) is 2.90. The molecule has 0 radical (unpaired) electrons. The van der Waals surface area contributed by atoms with Crippen LogP contribution in [0.25, 0.3) is 0 Å². The Morgan fingerprint density at radius 2 is 2.20 bits per heavy atom. The van der Waals surface area contributed by atoms with Gasteiger partial charge >= 0.3 is 5.69 Å². The van der Waals surface area contributed by atoms with Crippen LogP contribution in [-0.4, -0.2) is 65.2 Å². The summed E-state index contributed by atoms with van der Waals surface area (Å²) in [6.45, 7) is 2.80. The van der Waals surface area contributed by atoms with Crippen molar-refractivity contribution in [3.63, 3.8) is 0 Å². The third-order valence-electron chi connectivity index (χ3n) is 4.33. The van der Waals surface area contributed by atoms with Crippen LogP contribution in [0.1, 0.15) is 19.3 Å². The highest BCUT2D eigenvalue weighted by Gasteiger charge is 2.23. The number of nitrogens with one attached hydrogen (secondary N) is 2. The van der Waals surface area contributed by atoms with Gasteiger partial charge < -0.3 is 15.5 Å². The van der Waals surface area contributed by atoms with Crippen LogP contribution < -0.4 is 10.6 Å². The Hall–Kier alpha value is -2.65. The Morgan fingerprint density at radius 1 is 1.48 bits per heavy atom. The molecule has 1 aliphatic rings. The minimum absolute atomic E-state index is 0.0115. The second-order valence-electron chi connectivity index (χ2n) is 6.00. The van der Waals surface area contributed by atoms with Gasteiger partial charge in [-0.15, -0.1) is 0 Å². The standard InChI is InChI=1S/C15H25N7O3/c1-16-14(23)9-12-3-6-20(7-4-12)15(17-2)18-5-8-21-11-13(10-19-21)22(24)25/h10-12H,3-9H2,1-2H3,(H,16,23)(H,17,18). The number of amides is 1. The summed E-state index contributed by atoms with van der Waals surface area (Å²) < 4.78 is 1.54. The number of aliphatic imine (C=N–C) groups is 1. The molecule has 0 saturated carbocycles. The van der Waals surface area contributed by atoms with E-state index in [1.54, 1.807) is 14.1 Å². The van der Waals surface area contributed by atoms with Crippen molar-refractivity contribution in [2.75, 3.05) is 33.7 Å². The molecule has 1 fully saturated rings. The van der Waals surface area contributed by atoms with Crippen LogP contribution in [0.5, 0.6) is 0 Å². The van der Waals surface area contributed by atoms with E-state index in [1.165, 1.54) is 17.1 Å². The lowest BCUT2D eigenvalue weighted by molar-refractivity contribution is -0.385. The minimum Gasteiger partial charge on any atom is -0.359 e. The molecule has 25 heavy (non-hydrogen) atoms. The number of carbonyl (C=O) groups is 1. The third kappa shape index (κ3) is 5.44. The van der Waals surface area contributed by atoms with E-state index in [2.05, 4.69) is 25.6 Å². The summed E-state index contributed by atoms with van der Waals surface area (Å²) in [4.78, 5) is 28.1. The molecule has 1 aromatic rings. The van der Waals surface area contributed by atoms with E-state index in [9.17, 15) is 14.9 Å². The summed E-state index contributed by atoms with van der Waals surface area (Å²) in [6, 6.07) is 0. The fraction of sp³-hybridized carbons (Fsp3) is 0.667. The van der Waals surface area contributed by atoms with Crippen molar-refractivity contribution in [3.05, 3.63) is 22.5 Å². The molecule has 0 spiro atoms. The summed E-state index contributed by atoms with van der Waals surface area (Å²) in [5.41, 5.74) is -0.0115. The average Bonchev–Trinajstić information content (AvgIpc) is 3.09. The molecule has 0 atom stereocenters. The van der Waals surface area contributed by atoms with Gasteiger partial charge in [0, 0.05) is 40.2 Å². The molecule has 10 heteroatoms. The van der Waals surface area contributed by atoms with Gasteiger partial charge in [0.2, 0.25) is 5.91 Å². The summed E-state index contributed by atoms with van der Waals surface area (Å²) in [5.74, 6) is 1.31. The predicted octanol–water partition coefficient (Wildman–Crippen LogP) is 0.215. The van der Waals surface area contributed by atoms with Gasteiger partial charge in [-0.2, -0.15) is 5.10 Å². The molecular weight excluding hydrogens is 326 g/mol. The lowest BCUT2D eigenvalue weighted by Gasteiger charge is -2.34. The van der Waals surface area contributed by atoms with Gasteiger partial charge in [-0.05, 0) is 18.8 Å². The van der Waals surface area contributed by atoms with Gasteiger partial charge in [0.05, 0.1) is 11.5 Å². The zero-order valence-corrected chi connectivity index (χ0v) is 14.6. The molecule has 0 bridgehead atoms. The zero-order chi connectivity index (χ0) is 18.2. The smallest absolute Gasteiger partial charge is 0.306 e. The van der Waals surface area contributed by atoms with Gasteiger partial charge in [0.15, 0.2) is 5.96 Å². The number of piperidine rings is 1. The monoisotopic (exact) mass is 351 g/mol. The number of hydrogen-bond acceptors (Lipinski definition) is 5. The van der Waals surface area contributed by atoms with Crippen LogP contribution in [0, 0.1) is 16.0 Å². The zero-order valence-electron chi connectivity index (χ0n) is 14.6. The molecule has 1 amide bonds. The maximum Gasteiger partial charge on any atom is 0.306 e. The summed E-state index contributed by atoms with van der Waals surface area (Å²) in [7, 11) is 3.40. The normalized spacial score (nSPS) is 15.9. The van der Waals surface area contributed by atoms with Crippen molar-refractivity contribution in [2.24, 2.45) is 10.9 Å². The highest BCUT2D eigenvalue weighted by atomic mass is 16.6. The lowest BCUT2D eigenvalue weighted by atomic mass is 9.93. The maximum atomic E-state index is 11.5. The highest BCUT2D eigenvalue weighted by molar-refractivity contribution is 5.80. The van der Waals surface area contributed by atoms with Gasteiger partial charge in [-0.3, -0.25) is 24.6 Å². The fourth-order valence-electron chi connectivity index (χ4n) is 2.90. The molecule has 2 N–H and O–H groups in total. The first kappa shape index (κ1) is 18.7. The second kappa shape index (κ2) is 9.00. The van der Waals surface area contributed by atoms with E-state index >= 15 is 0 Å². The van der Waals surface area contributed by atoms with Crippen LogP contribution >= 0.6 is 0 Å². The van der Waals surface area contributed by atoms with Crippen LogP contribution in [0.3, 0.4) is 0 Å². The van der Waals surface area contributed by atoms with Gasteiger partial charge in [-0.1, -0.05) is 0 Å². The number of likely N-dealkylation sites (tertiary alicyclic amines) is 1. The van der Waals surface area contributed by atoms with E-state index in [0.717, 1.165) is 31.9 Å². The lowest BCUT2D eigenvalue weighted by Crippen LogP contribution is -2.46. The first-order chi connectivity index (χ1) is 12.0. The summed E-state index contributed by atoms with van der Waals surface area (Å²) in [5, 5.41) is 20.5. The molecule has 0 aliphatic carbocycles. The van der Waals surface area contributed by atoms with Crippen molar-refractivity contribution in [1.82, 2.24) is 25.3 Å². The molecule has 138 valence electrons. The number of aromatic nitrogens is 2. The van der Waals surface area contributed by atoms with E-state index in [0.29, 0.717) is 25.4 Å². The predicted molar refractivity (Wildman–Crippen MR) is 93.2 cm³/mol. The number of carbonyl (C=O) groups excluding carboxylic acids is 1. The molecule has 1 aliphatic heterocycles. The molecule has 2 rings (SSSR count). The number of nitrogens with zero attached hydrogens (tertiary/aromatic N) is 5. The molecule has 1 aromatic heterocycles. The summed E-state index contributed by atoms with van der Waals surface area (Å²) >= 11 is 0. The first-order valence-corrected chi connectivity index (χ1v) is 8.36. The van der Waals surface area contributed by atoms with E-state index < -0.39 is 4.92 Å². The first-order valence-electron chi connectivity index (χ1n) is 8.36.